The van der Waals surface area contributed by atoms with Gasteiger partial charge in [-0.25, -0.2) is 0 Å². The molecule has 0 aliphatic carbocycles. The first kappa shape index (κ1) is 9.40. The van der Waals surface area contributed by atoms with Crippen LogP contribution in [0, 0.1) is 5.92 Å². The van der Waals surface area contributed by atoms with E-state index in [1.165, 1.54) is 38.9 Å². The van der Waals surface area contributed by atoms with Gasteiger partial charge in [-0.05, 0) is 44.0 Å². The van der Waals surface area contributed by atoms with Crippen LogP contribution < -0.4 is 0 Å². The van der Waals surface area contributed by atoms with Crippen LogP contribution in [0.15, 0.2) is 0 Å². The Morgan fingerprint density at radius 1 is 1.36 bits per heavy atom. The van der Waals surface area contributed by atoms with Crippen molar-refractivity contribution in [3.05, 3.63) is 0 Å². The summed E-state index contributed by atoms with van der Waals surface area (Å²) in [6.45, 7) is 6.28. The lowest BCUT2D eigenvalue weighted by molar-refractivity contribution is 0.285. The zero-order valence-electron chi connectivity index (χ0n) is 7.42. The summed E-state index contributed by atoms with van der Waals surface area (Å²) < 4.78 is 0. The third-order valence-corrected chi connectivity index (χ3v) is 2.65. The Balaban J connectivity index is 2.08. The number of hydrogen-bond donors (Lipinski definition) is 1. The van der Waals surface area contributed by atoms with Crippen molar-refractivity contribution < 1.29 is 0 Å². The minimum atomic E-state index is 0.839. The van der Waals surface area contributed by atoms with Crippen molar-refractivity contribution in [3.63, 3.8) is 0 Å². The molecule has 1 atom stereocenters. The largest absolute Gasteiger partial charge is 0.303 e. The van der Waals surface area contributed by atoms with Gasteiger partial charge in [0.1, 0.15) is 0 Å². The Kier molecular flexibility index (Phi) is 4.31. The van der Waals surface area contributed by atoms with Gasteiger partial charge in [0.15, 0.2) is 0 Å². The van der Waals surface area contributed by atoms with Crippen LogP contribution in [0.5, 0.6) is 0 Å². The van der Waals surface area contributed by atoms with Crippen molar-refractivity contribution in [3.8, 4) is 0 Å². The first-order valence-electron chi connectivity index (χ1n) is 4.66. The summed E-state index contributed by atoms with van der Waals surface area (Å²) in [6.07, 6.45) is 4.08. The number of nitrogens with zero attached hydrogens (tertiary/aromatic N) is 1. The monoisotopic (exact) mass is 173 g/mol. The van der Waals surface area contributed by atoms with Crippen molar-refractivity contribution in [2.75, 3.05) is 25.4 Å². The molecular formula is C9H19NS. The predicted molar refractivity (Wildman–Crippen MR) is 53.3 cm³/mol. The van der Waals surface area contributed by atoms with Gasteiger partial charge in [-0.3, -0.25) is 0 Å². The van der Waals surface area contributed by atoms with Crippen LogP contribution in [-0.2, 0) is 0 Å². The molecule has 0 spiro atoms. The molecule has 1 unspecified atom stereocenters. The topological polar surface area (TPSA) is 3.24 Å². The molecule has 0 amide bonds. The molecule has 0 aromatic heterocycles. The summed E-state index contributed by atoms with van der Waals surface area (Å²) in [4.78, 5) is 2.58. The molecule has 11 heavy (non-hydrogen) atoms. The quantitative estimate of drug-likeness (QED) is 0.637. The summed E-state index contributed by atoms with van der Waals surface area (Å²) in [7, 11) is 0. The fourth-order valence-corrected chi connectivity index (χ4v) is 2.16. The molecule has 1 nitrogen and oxygen atoms in total. The van der Waals surface area contributed by atoms with E-state index >= 15 is 0 Å². The van der Waals surface area contributed by atoms with E-state index in [1.807, 2.05) is 0 Å². The van der Waals surface area contributed by atoms with Gasteiger partial charge in [0.05, 0.1) is 0 Å². The normalized spacial score (nSPS) is 22.4. The van der Waals surface area contributed by atoms with Crippen molar-refractivity contribution in [2.45, 2.75) is 26.2 Å². The predicted octanol–water partition coefficient (Wildman–Crippen LogP) is 2.04. The van der Waals surface area contributed by atoms with Gasteiger partial charge in [-0.1, -0.05) is 6.92 Å². The van der Waals surface area contributed by atoms with Crippen LogP contribution in [0.1, 0.15) is 26.2 Å². The standard InChI is InChI=1S/C9H19NS/c1-9(4-7-11)8-10-5-2-3-6-10/h9,11H,2-8H2,1H3. The highest BCUT2D eigenvalue weighted by Gasteiger charge is 2.13. The van der Waals surface area contributed by atoms with E-state index in [4.69, 9.17) is 0 Å². The molecule has 0 aromatic carbocycles. The summed E-state index contributed by atoms with van der Waals surface area (Å²) in [5.41, 5.74) is 0. The second-order valence-corrected chi connectivity index (χ2v) is 4.07. The maximum Gasteiger partial charge on any atom is 0.000731 e. The Bertz CT molecular complexity index is 99.7. The molecule has 1 rings (SSSR count). The number of likely N-dealkylation sites (tertiary alicyclic amines) is 1. The molecule has 1 heterocycles. The van der Waals surface area contributed by atoms with Gasteiger partial charge in [0.2, 0.25) is 0 Å². The van der Waals surface area contributed by atoms with Gasteiger partial charge >= 0.3 is 0 Å². The van der Waals surface area contributed by atoms with Crippen LogP contribution in [0.3, 0.4) is 0 Å². The maximum absolute atomic E-state index is 4.24. The number of thiol groups is 1. The fourth-order valence-electron chi connectivity index (χ4n) is 1.72. The summed E-state index contributed by atoms with van der Waals surface area (Å²) >= 11 is 4.24. The molecule has 0 aromatic rings. The average Bonchev–Trinajstić information content (AvgIpc) is 2.40. The van der Waals surface area contributed by atoms with Gasteiger partial charge < -0.3 is 4.90 Å². The number of rotatable bonds is 4. The van der Waals surface area contributed by atoms with Crippen LogP contribution >= 0.6 is 12.6 Å². The summed E-state index contributed by atoms with van der Waals surface area (Å²) in [5.74, 6) is 1.88. The smallest absolute Gasteiger partial charge is 0.000731 e. The SMILES string of the molecule is CC(CCS)CN1CCCC1. The van der Waals surface area contributed by atoms with E-state index in [9.17, 15) is 0 Å². The lowest BCUT2D eigenvalue weighted by atomic mass is 10.1. The summed E-state index contributed by atoms with van der Waals surface area (Å²) in [5, 5.41) is 0. The van der Waals surface area contributed by atoms with Crippen LogP contribution in [0.2, 0.25) is 0 Å². The van der Waals surface area contributed by atoms with E-state index in [0.717, 1.165) is 11.7 Å². The fraction of sp³-hybridized carbons (Fsp3) is 1.00. The van der Waals surface area contributed by atoms with Gasteiger partial charge in [-0.15, -0.1) is 0 Å². The van der Waals surface area contributed by atoms with E-state index in [2.05, 4.69) is 24.5 Å². The highest BCUT2D eigenvalue weighted by atomic mass is 32.1. The van der Waals surface area contributed by atoms with E-state index in [-0.39, 0.29) is 0 Å². The van der Waals surface area contributed by atoms with E-state index < -0.39 is 0 Å². The second kappa shape index (κ2) is 5.04. The molecular weight excluding hydrogens is 154 g/mol. The molecule has 2 heteroatoms. The van der Waals surface area contributed by atoms with Crippen molar-refractivity contribution in [1.82, 2.24) is 4.90 Å². The first-order valence-corrected chi connectivity index (χ1v) is 5.29. The lowest BCUT2D eigenvalue weighted by Gasteiger charge is -2.19. The third-order valence-electron chi connectivity index (χ3n) is 2.39. The van der Waals surface area contributed by atoms with Crippen LogP contribution in [0.4, 0.5) is 0 Å². The zero-order chi connectivity index (χ0) is 8.10. The molecule has 1 fully saturated rings. The Hall–Kier alpha value is 0.310. The molecule has 0 bridgehead atoms. The lowest BCUT2D eigenvalue weighted by Crippen LogP contribution is -2.25. The van der Waals surface area contributed by atoms with Gasteiger partial charge in [-0.2, -0.15) is 12.6 Å². The Morgan fingerprint density at radius 2 is 2.00 bits per heavy atom. The zero-order valence-corrected chi connectivity index (χ0v) is 8.32. The van der Waals surface area contributed by atoms with E-state index in [0.29, 0.717) is 0 Å². The highest BCUT2D eigenvalue weighted by molar-refractivity contribution is 7.80. The Morgan fingerprint density at radius 3 is 2.55 bits per heavy atom. The minimum absolute atomic E-state index is 0.839. The minimum Gasteiger partial charge on any atom is -0.303 e. The van der Waals surface area contributed by atoms with Crippen molar-refractivity contribution >= 4 is 12.6 Å². The van der Waals surface area contributed by atoms with Crippen molar-refractivity contribution in [1.29, 1.82) is 0 Å². The molecule has 0 radical (unpaired) electrons. The molecule has 1 aliphatic rings. The molecule has 0 saturated carbocycles. The first-order chi connectivity index (χ1) is 5.33. The average molecular weight is 173 g/mol. The second-order valence-electron chi connectivity index (χ2n) is 3.63. The maximum atomic E-state index is 4.24. The van der Waals surface area contributed by atoms with Gasteiger partial charge in [0.25, 0.3) is 0 Å². The summed E-state index contributed by atoms with van der Waals surface area (Å²) in [6, 6.07) is 0. The van der Waals surface area contributed by atoms with Crippen molar-refractivity contribution in [2.24, 2.45) is 5.92 Å². The molecule has 1 saturated heterocycles. The van der Waals surface area contributed by atoms with Crippen LogP contribution in [-0.4, -0.2) is 30.3 Å². The number of hydrogen-bond acceptors (Lipinski definition) is 2. The van der Waals surface area contributed by atoms with Crippen LogP contribution in [0.25, 0.3) is 0 Å². The highest BCUT2D eigenvalue weighted by Crippen LogP contribution is 2.12. The molecule has 1 aliphatic heterocycles. The Labute approximate surface area is 75.6 Å². The van der Waals surface area contributed by atoms with Gasteiger partial charge in [0, 0.05) is 6.54 Å². The van der Waals surface area contributed by atoms with E-state index in [1.54, 1.807) is 0 Å². The molecule has 66 valence electrons. The molecule has 0 N–H and O–H groups in total. The third kappa shape index (κ3) is 3.48.